The average molecular weight is 258 g/mol. The van der Waals surface area contributed by atoms with Crippen molar-refractivity contribution >= 4 is 12.0 Å². The highest BCUT2D eigenvalue weighted by Gasteiger charge is 2.26. The minimum Gasteiger partial charge on any atom is -0.481 e. The summed E-state index contributed by atoms with van der Waals surface area (Å²) in [4.78, 5) is 22.6. The molecule has 5 heteroatoms. The molecule has 1 atom stereocenters. The second-order valence-electron chi connectivity index (χ2n) is 4.62. The molecule has 0 heterocycles. The van der Waals surface area contributed by atoms with Crippen LogP contribution < -0.4 is 10.6 Å². The van der Waals surface area contributed by atoms with E-state index in [1.165, 1.54) is 0 Å². The third-order valence-electron chi connectivity index (χ3n) is 3.76. The third kappa shape index (κ3) is 4.94. The van der Waals surface area contributed by atoms with Gasteiger partial charge in [-0.05, 0) is 25.7 Å². The Kier molecular flexibility index (Phi) is 7.39. The molecule has 0 saturated heterocycles. The molecule has 0 aromatic heterocycles. The summed E-state index contributed by atoms with van der Waals surface area (Å²) in [5.41, 5.74) is -0.185. The molecule has 5 nitrogen and oxygen atoms in total. The van der Waals surface area contributed by atoms with Gasteiger partial charge in [-0.3, -0.25) is 4.79 Å². The summed E-state index contributed by atoms with van der Waals surface area (Å²) in [6.07, 6.45) is 3.10. The largest absolute Gasteiger partial charge is 0.481 e. The van der Waals surface area contributed by atoms with E-state index in [-0.39, 0.29) is 18.1 Å². The average Bonchev–Trinajstić information content (AvgIpc) is 2.36. The number of hydrogen-bond donors (Lipinski definition) is 3. The summed E-state index contributed by atoms with van der Waals surface area (Å²) in [6, 6.07) is -0.278. The molecular weight excluding hydrogens is 232 g/mol. The van der Waals surface area contributed by atoms with E-state index in [1.54, 1.807) is 6.92 Å². The van der Waals surface area contributed by atoms with Crippen LogP contribution in [0, 0.1) is 5.92 Å². The minimum atomic E-state index is -0.870. The molecule has 0 aliphatic heterocycles. The first-order valence-electron chi connectivity index (χ1n) is 6.73. The highest BCUT2D eigenvalue weighted by molar-refractivity contribution is 5.76. The number of aliphatic carboxylic acids is 1. The van der Waals surface area contributed by atoms with Gasteiger partial charge in [-0.2, -0.15) is 0 Å². The van der Waals surface area contributed by atoms with E-state index in [9.17, 15) is 9.59 Å². The highest BCUT2D eigenvalue weighted by Crippen LogP contribution is 2.18. The molecule has 0 spiro atoms. The van der Waals surface area contributed by atoms with Gasteiger partial charge in [-0.25, -0.2) is 4.79 Å². The van der Waals surface area contributed by atoms with Crippen LogP contribution in [0.5, 0.6) is 0 Å². The standard InChI is InChI=1S/C13H26N2O3/c1-5-10(11(16)17)9-14-12(18)15-13(6-2,7-3)8-4/h10H,5-9H2,1-4H3,(H,16,17)(H2,14,15,18). The second kappa shape index (κ2) is 7.95. The lowest BCUT2D eigenvalue weighted by Crippen LogP contribution is -2.52. The lowest BCUT2D eigenvalue weighted by atomic mass is 9.90. The molecule has 2 amide bonds. The van der Waals surface area contributed by atoms with Crippen LogP contribution in [0.3, 0.4) is 0 Å². The first kappa shape index (κ1) is 16.7. The van der Waals surface area contributed by atoms with Gasteiger partial charge in [-0.1, -0.05) is 27.7 Å². The van der Waals surface area contributed by atoms with Gasteiger partial charge in [0.1, 0.15) is 0 Å². The number of nitrogens with one attached hydrogen (secondary N) is 2. The zero-order chi connectivity index (χ0) is 14.2. The Hall–Kier alpha value is -1.26. The predicted molar refractivity (Wildman–Crippen MR) is 71.6 cm³/mol. The van der Waals surface area contributed by atoms with Gasteiger partial charge in [0.2, 0.25) is 0 Å². The Morgan fingerprint density at radius 3 is 1.94 bits per heavy atom. The number of carboxylic acids is 1. The molecule has 1 unspecified atom stereocenters. The lowest BCUT2D eigenvalue weighted by molar-refractivity contribution is -0.141. The van der Waals surface area contributed by atoms with Gasteiger partial charge in [0.15, 0.2) is 0 Å². The number of amides is 2. The van der Waals surface area contributed by atoms with E-state index in [2.05, 4.69) is 10.6 Å². The van der Waals surface area contributed by atoms with Gasteiger partial charge < -0.3 is 15.7 Å². The normalized spacial score (nSPS) is 12.9. The molecule has 0 radical (unpaired) electrons. The van der Waals surface area contributed by atoms with Crippen LogP contribution >= 0.6 is 0 Å². The van der Waals surface area contributed by atoms with Crippen molar-refractivity contribution in [2.45, 2.75) is 58.9 Å². The number of rotatable bonds is 8. The van der Waals surface area contributed by atoms with E-state index < -0.39 is 11.9 Å². The van der Waals surface area contributed by atoms with Crippen LogP contribution in [0.2, 0.25) is 0 Å². The van der Waals surface area contributed by atoms with Crippen LogP contribution in [0.25, 0.3) is 0 Å². The molecule has 106 valence electrons. The van der Waals surface area contributed by atoms with Crippen LogP contribution in [0.1, 0.15) is 53.4 Å². The number of hydrogen-bond acceptors (Lipinski definition) is 2. The Balaban J connectivity index is 4.29. The van der Waals surface area contributed by atoms with Gasteiger partial charge in [0.05, 0.1) is 5.92 Å². The van der Waals surface area contributed by atoms with E-state index >= 15 is 0 Å². The fraction of sp³-hybridized carbons (Fsp3) is 0.846. The first-order valence-corrected chi connectivity index (χ1v) is 6.73. The number of carbonyl (C=O) groups is 2. The predicted octanol–water partition coefficient (Wildman–Crippen LogP) is 2.37. The monoisotopic (exact) mass is 258 g/mol. The highest BCUT2D eigenvalue weighted by atomic mass is 16.4. The van der Waals surface area contributed by atoms with Gasteiger partial charge >= 0.3 is 12.0 Å². The van der Waals surface area contributed by atoms with Crippen molar-refractivity contribution in [3.05, 3.63) is 0 Å². The van der Waals surface area contributed by atoms with Crippen LogP contribution in [0.15, 0.2) is 0 Å². The molecule has 0 rings (SSSR count). The molecule has 0 aromatic carbocycles. The molecule has 0 fully saturated rings. The minimum absolute atomic E-state index is 0.172. The number of urea groups is 1. The van der Waals surface area contributed by atoms with Crippen molar-refractivity contribution in [3.8, 4) is 0 Å². The van der Waals surface area contributed by atoms with Crippen LogP contribution in [-0.2, 0) is 4.79 Å². The van der Waals surface area contributed by atoms with E-state index in [0.29, 0.717) is 6.42 Å². The van der Waals surface area contributed by atoms with Gasteiger partial charge in [-0.15, -0.1) is 0 Å². The molecule has 0 saturated carbocycles. The summed E-state index contributed by atoms with van der Waals surface area (Å²) in [5, 5.41) is 14.5. The molecular formula is C13H26N2O3. The lowest BCUT2D eigenvalue weighted by Gasteiger charge is -2.31. The van der Waals surface area contributed by atoms with Gasteiger partial charge in [0.25, 0.3) is 0 Å². The number of carboxylic acid groups (broad SMARTS) is 1. The fourth-order valence-corrected chi connectivity index (χ4v) is 1.92. The molecule has 0 bridgehead atoms. The number of carbonyl (C=O) groups excluding carboxylic acids is 1. The smallest absolute Gasteiger partial charge is 0.315 e. The van der Waals surface area contributed by atoms with Crippen molar-refractivity contribution < 1.29 is 14.7 Å². The zero-order valence-corrected chi connectivity index (χ0v) is 11.9. The van der Waals surface area contributed by atoms with E-state index in [1.807, 2.05) is 20.8 Å². The van der Waals surface area contributed by atoms with Crippen molar-refractivity contribution in [1.29, 1.82) is 0 Å². The Morgan fingerprint density at radius 1 is 1.11 bits per heavy atom. The van der Waals surface area contributed by atoms with Crippen molar-refractivity contribution in [2.75, 3.05) is 6.54 Å². The van der Waals surface area contributed by atoms with Crippen LogP contribution in [0.4, 0.5) is 4.79 Å². The Labute approximate surface area is 109 Å². The molecule has 18 heavy (non-hydrogen) atoms. The zero-order valence-electron chi connectivity index (χ0n) is 11.9. The second-order valence-corrected chi connectivity index (χ2v) is 4.62. The fourth-order valence-electron chi connectivity index (χ4n) is 1.92. The van der Waals surface area contributed by atoms with Crippen molar-refractivity contribution in [2.24, 2.45) is 5.92 Å². The molecule has 0 aromatic rings. The molecule has 0 aliphatic carbocycles. The van der Waals surface area contributed by atoms with Crippen LogP contribution in [-0.4, -0.2) is 29.2 Å². The first-order chi connectivity index (χ1) is 8.44. The van der Waals surface area contributed by atoms with E-state index in [0.717, 1.165) is 19.3 Å². The maximum Gasteiger partial charge on any atom is 0.315 e. The summed E-state index contributed by atoms with van der Waals surface area (Å²) >= 11 is 0. The Bertz CT molecular complexity index is 267. The molecule has 0 aliphatic rings. The molecule has 3 N–H and O–H groups in total. The topological polar surface area (TPSA) is 78.4 Å². The van der Waals surface area contributed by atoms with Crippen molar-refractivity contribution in [1.82, 2.24) is 10.6 Å². The Morgan fingerprint density at radius 2 is 1.61 bits per heavy atom. The quantitative estimate of drug-likeness (QED) is 0.625. The summed E-state index contributed by atoms with van der Waals surface area (Å²) in [7, 11) is 0. The van der Waals surface area contributed by atoms with Crippen molar-refractivity contribution in [3.63, 3.8) is 0 Å². The van der Waals surface area contributed by atoms with Gasteiger partial charge in [0, 0.05) is 12.1 Å². The SMILES string of the molecule is CCC(CNC(=O)NC(CC)(CC)CC)C(=O)O. The summed E-state index contributed by atoms with van der Waals surface area (Å²) in [5.74, 6) is -1.39. The maximum atomic E-state index is 11.8. The summed E-state index contributed by atoms with van der Waals surface area (Å²) < 4.78 is 0. The van der Waals surface area contributed by atoms with E-state index in [4.69, 9.17) is 5.11 Å². The maximum absolute atomic E-state index is 11.8. The summed E-state index contributed by atoms with van der Waals surface area (Å²) in [6.45, 7) is 8.09. The third-order valence-corrected chi connectivity index (χ3v) is 3.76.